The molecule has 1 saturated carbocycles. The summed E-state index contributed by atoms with van der Waals surface area (Å²) in [5.41, 5.74) is 4.09. The monoisotopic (exact) mass is 244 g/mol. The fraction of sp³-hybridized carbons (Fsp3) is 0.700. The lowest BCUT2D eigenvalue weighted by Gasteiger charge is -2.38. The number of aliphatic carboxylic acids is 1. The zero-order valence-corrected chi connectivity index (χ0v) is 9.56. The minimum atomic E-state index is -1.48. The molecule has 17 heavy (non-hydrogen) atoms. The number of nitrogens with two attached hydrogens (primary N) is 1. The van der Waals surface area contributed by atoms with Crippen LogP contribution in [0.4, 0.5) is 0 Å². The van der Waals surface area contributed by atoms with Crippen molar-refractivity contribution in [3.8, 4) is 0 Å². The highest BCUT2D eigenvalue weighted by atomic mass is 16.5. The topological polar surface area (TPSA) is 119 Å². The van der Waals surface area contributed by atoms with E-state index < -0.39 is 29.4 Å². The number of hydrogen-bond donors (Lipinski definition) is 3. The van der Waals surface area contributed by atoms with Crippen LogP contribution >= 0.6 is 0 Å². The first-order chi connectivity index (χ1) is 7.93. The van der Waals surface area contributed by atoms with Gasteiger partial charge in [0.2, 0.25) is 5.91 Å². The second-order valence-corrected chi connectivity index (χ2v) is 3.96. The Morgan fingerprint density at radius 1 is 1.47 bits per heavy atom. The number of carbonyl (C=O) groups is 3. The summed E-state index contributed by atoms with van der Waals surface area (Å²) in [7, 11) is 0. The zero-order chi connectivity index (χ0) is 13.1. The molecule has 1 aliphatic rings. The summed E-state index contributed by atoms with van der Waals surface area (Å²) in [5.74, 6) is -2.77. The van der Waals surface area contributed by atoms with Crippen molar-refractivity contribution in [2.24, 2.45) is 5.73 Å². The number of nitrogens with one attached hydrogen (secondary N) is 1. The average molecular weight is 244 g/mol. The Bertz CT molecular complexity index is 338. The number of carboxylic acids is 1. The predicted octanol–water partition coefficient (Wildman–Crippen LogP) is -1.000. The SMILES string of the molecule is CCOC(=O)C(N)C(=O)NC1(C(=O)O)CCC1. The van der Waals surface area contributed by atoms with E-state index in [9.17, 15) is 14.4 Å². The standard InChI is InChI=1S/C10H16N2O5/c1-2-17-8(14)6(11)7(13)12-10(9(15)16)4-3-5-10/h6H,2-5,11H2,1H3,(H,12,13)(H,15,16). The van der Waals surface area contributed by atoms with Gasteiger partial charge >= 0.3 is 11.9 Å². The van der Waals surface area contributed by atoms with Crippen LogP contribution in [0.1, 0.15) is 26.2 Å². The molecule has 0 bridgehead atoms. The van der Waals surface area contributed by atoms with E-state index in [0.717, 1.165) is 6.42 Å². The molecule has 1 rings (SSSR count). The van der Waals surface area contributed by atoms with Gasteiger partial charge in [-0.15, -0.1) is 0 Å². The first-order valence-corrected chi connectivity index (χ1v) is 5.40. The first kappa shape index (κ1) is 13.4. The molecular weight excluding hydrogens is 228 g/mol. The minimum absolute atomic E-state index is 0.115. The summed E-state index contributed by atoms with van der Waals surface area (Å²) >= 11 is 0. The molecule has 96 valence electrons. The van der Waals surface area contributed by atoms with Crippen LogP contribution in [0.2, 0.25) is 0 Å². The molecule has 1 amide bonds. The molecule has 4 N–H and O–H groups in total. The van der Waals surface area contributed by atoms with Crippen molar-refractivity contribution >= 4 is 17.8 Å². The molecular formula is C10H16N2O5. The van der Waals surface area contributed by atoms with Gasteiger partial charge in [-0.25, -0.2) is 9.59 Å². The Kier molecular flexibility index (Phi) is 4.06. The van der Waals surface area contributed by atoms with E-state index in [0.29, 0.717) is 12.8 Å². The molecule has 7 heteroatoms. The van der Waals surface area contributed by atoms with Crippen molar-refractivity contribution in [2.45, 2.75) is 37.8 Å². The molecule has 1 atom stereocenters. The smallest absolute Gasteiger partial charge is 0.332 e. The van der Waals surface area contributed by atoms with Gasteiger partial charge in [-0.1, -0.05) is 0 Å². The number of ether oxygens (including phenoxy) is 1. The van der Waals surface area contributed by atoms with Crippen LogP contribution in [0.25, 0.3) is 0 Å². The molecule has 1 aliphatic carbocycles. The summed E-state index contributed by atoms with van der Waals surface area (Å²) < 4.78 is 4.58. The fourth-order valence-electron chi connectivity index (χ4n) is 1.58. The van der Waals surface area contributed by atoms with Crippen molar-refractivity contribution in [3.05, 3.63) is 0 Å². The number of esters is 1. The number of amides is 1. The second kappa shape index (κ2) is 5.13. The first-order valence-electron chi connectivity index (χ1n) is 5.40. The average Bonchev–Trinajstić information content (AvgIpc) is 2.21. The lowest BCUT2D eigenvalue weighted by atomic mass is 9.76. The van der Waals surface area contributed by atoms with Gasteiger partial charge in [0.05, 0.1) is 6.61 Å². The van der Waals surface area contributed by atoms with Crippen molar-refractivity contribution in [3.63, 3.8) is 0 Å². The Hall–Kier alpha value is -1.63. The van der Waals surface area contributed by atoms with Crippen LogP contribution in [0, 0.1) is 0 Å². The van der Waals surface area contributed by atoms with Gasteiger partial charge in [-0.2, -0.15) is 0 Å². The Morgan fingerprint density at radius 2 is 2.06 bits per heavy atom. The highest BCUT2D eigenvalue weighted by molar-refractivity contribution is 6.03. The molecule has 0 heterocycles. The lowest BCUT2D eigenvalue weighted by Crippen LogP contribution is -2.63. The predicted molar refractivity (Wildman–Crippen MR) is 57.0 cm³/mol. The highest BCUT2D eigenvalue weighted by Gasteiger charge is 2.46. The molecule has 1 fully saturated rings. The summed E-state index contributed by atoms with van der Waals surface area (Å²) in [6, 6.07) is -1.48. The lowest BCUT2D eigenvalue weighted by molar-refractivity contribution is -0.155. The molecule has 0 aromatic heterocycles. The molecule has 0 radical (unpaired) electrons. The van der Waals surface area contributed by atoms with Gasteiger partial charge in [0.15, 0.2) is 6.04 Å². The van der Waals surface area contributed by atoms with Gasteiger partial charge in [0.1, 0.15) is 5.54 Å². The van der Waals surface area contributed by atoms with Crippen LogP contribution in [-0.2, 0) is 19.1 Å². The Labute approximate surface area is 98.3 Å². The van der Waals surface area contributed by atoms with Crippen LogP contribution < -0.4 is 11.1 Å². The summed E-state index contributed by atoms with van der Waals surface area (Å²) in [6.45, 7) is 1.71. The molecule has 0 aromatic rings. The Morgan fingerprint density at radius 3 is 2.41 bits per heavy atom. The quantitative estimate of drug-likeness (QED) is 0.421. The van der Waals surface area contributed by atoms with E-state index >= 15 is 0 Å². The van der Waals surface area contributed by atoms with Gasteiger partial charge < -0.3 is 20.9 Å². The van der Waals surface area contributed by atoms with Crippen LogP contribution in [-0.4, -0.2) is 41.1 Å². The zero-order valence-electron chi connectivity index (χ0n) is 9.56. The molecule has 1 unspecified atom stereocenters. The van der Waals surface area contributed by atoms with Crippen molar-refractivity contribution < 1.29 is 24.2 Å². The van der Waals surface area contributed by atoms with E-state index in [1.807, 2.05) is 0 Å². The summed E-state index contributed by atoms with van der Waals surface area (Å²) in [6.07, 6.45) is 1.43. The molecule has 0 saturated heterocycles. The van der Waals surface area contributed by atoms with E-state index in [-0.39, 0.29) is 6.61 Å². The molecule has 0 aliphatic heterocycles. The second-order valence-electron chi connectivity index (χ2n) is 3.96. The third-order valence-corrected chi connectivity index (χ3v) is 2.80. The number of carbonyl (C=O) groups excluding carboxylic acids is 2. The van der Waals surface area contributed by atoms with E-state index in [1.54, 1.807) is 6.92 Å². The highest BCUT2D eigenvalue weighted by Crippen LogP contribution is 2.31. The summed E-state index contributed by atoms with van der Waals surface area (Å²) in [4.78, 5) is 33.7. The van der Waals surface area contributed by atoms with E-state index in [4.69, 9.17) is 10.8 Å². The van der Waals surface area contributed by atoms with Gasteiger partial charge in [0.25, 0.3) is 0 Å². The minimum Gasteiger partial charge on any atom is -0.480 e. The van der Waals surface area contributed by atoms with Gasteiger partial charge in [0, 0.05) is 0 Å². The number of rotatable bonds is 5. The van der Waals surface area contributed by atoms with Gasteiger partial charge in [-0.05, 0) is 26.2 Å². The van der Waals surface area contributed by atoms with E-state index in [1.165, 1.54) is 0 Å². The molecule has 0 aromatic carbocycles. The molecule has 0 spiro atoms. The van der Waals surface area contributed by atoms with E-state index in [2.05, 4.69) is 10.1 Å². The number of hydrogen-bond acceptors (Lipinski definition) is 5. The van der Waals surface area contributed by atoms with Gasteiger partial charge in [-0.3, -0.25) is 4.79 Å². The maximum absolute atomic E-state index is 11.6. The van der Waals surface area contributed by atoms with Crippen LogP contribution in [0.3, 0.4) is 0 Å². The Balaban J connectivity index is 2.59. The third-order valence-electron chi connectivity index (χ3n) is 2.80. The fourth-order valence-corrected chi connectivity index (χ4v) is 1.58. The largest absolute Gasteiger partial charge is 0.480 e. The van der Waals surface area contributed by atoms with Crippen molar-refractivity contribution in [1.29, 1.82) is 0 Å². The maximum atomic E-state index is 11.6. The third kappa shape index (κ3) is 2.73. The van der Waals surface area contributed by atoms with Crippen LogP contribution in [0.15, 0.2) is 0 Å². The normalized spacial score (nSPS) is 18.7. The van der Waals surface area contributed by atoms with Crippen molar-refractivity contribution in [2.75, 3.05) is 6.61 Å². The number of carboxylic acid groups (broad SMARTS) is 1. The summed E-state index contributed by atoms with van der Waals surface area (Å²) in [5, 5.41) is 11.3. The maximum Gasteiger partial charge on any atom is 0.332 e. The van der Waals surface area contributed by atoms with Crippen molar-refractivity contribution in [1.82, 2.24) is 5.32 Å². The van der Waals surface area contributed by atoms with Crippen LogP contribution in [0.5, 0.6) is 0 Å². The molecule has 7 nitrogen and oxygen atoms in total.